The zero-order chi connectivity index (χ0) is 17.9. The van der Waals surface area contributed by atoms with Crippen molar-refractivity contribution in [2.45, 2.75) is 26.1 Å². The number of amides is 1. The van der Waals surface area contributed by atoms with Crippen LogP contribution in [0, 0.1) is 6.92 Å². The highest BCUT2D eigenvalue weighted by atomic mass is 35.5. The van der Waals surface area contributed by atoms with Gasteiger partial charge in [-0.1, -0.05) is 23.7 Å². The largest absolute Gasteiger partial charge is 0.481 e. The van der Waals surface area contributed by atoms with Crippen molar-refractivity contribution in [3.8, 4) is 5.75 Å². The number of hydrogen-bond donors (Lipinski definition) is 1. The molecule has 0 spiro atoms. The molecule has 0 aliphatic rings. The Hall–Kier alpha value is -2.21. The van der Waals surface area contributed by atoms with Crippen LogP contribution in [-0.4, -0.2) is 12.0 Å². The van der Waals surface area contributed by atoms with E-state index in [4.69, 9.17) is 16.3 Å². The van der Waals surface area contributed by atoms with E-state index < -0.39 is 23.8 Å². The Bertz CT molecular complexity index is 747. The van der Waals surface area contributed by atoms with Gasteiger partial charge < -0.3 is 10.1 Å². The van der Waals surface area contributed by atoms with Crippen molar-refractivity contribution in [1.82, 2.24) is 0 Å². The van der Waals surface area contributed by atoms with Crippen molar-refractivity contribution in [1.29, 1.82) is 0 Å². The first-order chi connectivity index (χ1) is 11.2. The summed E-state index contributed by atoms with van der Waals surface area (Å²) in [6.45, 7) is 3.32. The fraction of sp³-hybridized carbons (Fsp3) is 0.235. The lowest BCUT2D eigenvalue weighted by Gasteiger charge is -2.18. The van der Waals surface area contributed by atoms with Crippen molar-refractivity contribution < 1.29 is 22.7 Å². The van der Waals surface area contributed by atoms with Gasteiger partial charge in [-0.05, 0) is 49.7 Å². The van der Waals surface area contributed by atoms with Gasteiger partial charge in [-0.3, -0.25) is 4.79 Å². The lowest BCUT2D eigenvalue weighted by Crippen LogP contribution is -2.31. The Morgan fingerprint density at radius 1 is 1.21 bits per heavy atom. The van der Waals surface area contributed by atoms with E-state index in [2.05, 4.69) is 5.32 Å². The molecule has 0 saturated carbocycles. The van der Waals surface area contributed by atoms with Crippen LogP contribution < -0.4 is 10.1 Å². The maximum atomic E-state index is 13.0. The average Bonchev–Trinajstić information content (AvgIpc) is 2.48. The Morgan fingerprint density at radius 3 is 2.54 bits per heavy atom. The second-order valence-electron chi connectivity index (χ2n) is 5.25. The van der Waals surface area contributed by atoms with E-state index in [1.54, 1.807) is 18.2 Å². The van der Waals surface area contributed by atoms with Gasteiger partial charge in [0.05, 0.1) is 11.3 Å². The first kappa shape index (κ1) is 18.1. The number of benzene rings is 2. The summed E-state index contributed by atoms with van der Waals surface area (Å²) in [5.74, 6) is -0.228. The highest BCUT2D eigenvalue weighted by molar-refractivity contribution is 6.30. The summed E-state index contributed by atoms with van der Waals surface area (Å²) in [6.07, 6.45) is -5.60. The Kier molecular flexibility index (Phi) is 5.39. The molecule has 0 heterocycles. The van der Waals surface area contributed by atoms with Crippen LogP contribution in [0.4, 0.5) is 18.9 Å². The number of hydrogen-bond acceptors (Lipinski definition) is 2. The summed E-state index contributed by atoms with van der Waals surface area (Å²) in [4.78, 5) is 12.1. The number of ether oxygens (including phenoxy) is 1. The van der Waals surface area contributed by atoms with Crippen molar-refractivity contribution in [3.63, 3.8) is 0 Å². The monoisotopic (exact) mass is 357 g/mol. The van der Waals surface area contributed by atoms with Crippen LogP contribution in [0.15, 0.2) is 42.5 Å². The van der Waals surface area contributed by atoms with Gasteiger partial charge in [-0.2, -0.15) is 13.2 Å². The highest BCUT2D eigenvalue weighted by Gasteiger charge is 2.34. The maximum Gasteiger partial charge on any atom is 0.418 e. The van der Waals surface area contributed by atoms with Crippen LogP contribution in [0.5, 0.6) is 5.75 Å². The summed E-state index contributed by atoms with van der Waals surface area (Å²) in [5.41, 5.74) is -0.431. The molecule has 0 aromatic heterocycles. The topological polar surface area (TPSA) is 38.3 Å². The average molecular weight is 358 g/mol. The van der Waals surface area contributed by atoms with Crippen LogP contribution in [0.25, 0.3) is 0 Å². The van der Waals surface area contributed by atoms with Gasteiger partial charge in [0.1, 0.15) is 5.75 Å². The summed E-state index contributed by atoms with van der Waals surface area (Å²) in [5, 5.41) is 2.17. The van der Waals surface area contributed by atoms with E-state index in [1.807, 2.05) is 13.0 Å². The minimum Gasteiger partial charge on any atom is -0.481 e. The van der Waals surface area contributed by atoms with E-state index in [9.17, 15) is 18.0 Å². The molecule has 128 valence electrons. The van der Waals surface area contributed by atoms with Gasteiger partial charge in [0.25, 0.3) is 5.91 Å². The maximum absolute atomic E-state index is 13.0. The number of nitrogens with one attached hydrogen (secondary N) is 1. The number of alkyl halides is 3. The van der Waals surface area contributed by atoms with E-state index >= 15 is 0 Å². The third-order valence-corrected chi connectivity index (χ3v) is 3.45. The molecule has 0 unspecified atom stereocenters. The lowest BCUT2D eigenvalue weighted by molar-refractivity contribution is -0.137. The molecular formula is C17H15ClF3NO2. The fourth-order valence-electron chi connectivity index (χ4n) is 2.04. The Balaban J connectivity index is 2.14. The Morgan fingerprint density at radius 2 is 1.92 bits per heavy atom. The molecule has 1 atom stereocenters. The third kappa shape index (κ3) is 4.64. The van der Waals surface area contributed by atoms with E-state index in [0.717, 1.165) is 17.7 Å². The van der Waals surface area contributed by atoms with Crippen LogP contribution >= 0.6 is 11.6 Å². The molecule has 1 amide bonds. The normalized spacial score (nSPS) is 12.6. The van der Waals surface area contributed by atoms with Crippen LogP contribution in [0.2, 0.25) is 5.02 Å². The van der Waals surface area contributed by atoms with Gasteiger partial charge in [0, 0.05) is 5.02 Å². The zero-order valence-electron chi connectivity index (χ0n) is 12.9. The molecule has 7 heteroatoms. The standard InChI is InChI=1S/C17H15ClF3NO2/c1-10-4-3-5-13(8-10)24-11(2)16(23)22-15-7-6-12(18)9-14(15)17(19,20)21/h3-9,11H,1-2H3,(H,22,23)/t11-/m0/s1. The third-order valence-electron chi connectivity index (χ3n) is 3.22. The molecule has 1 N–H and O–H groups in total. The Labute approximate surface area is 142 Å². The summed E-state index contributed by atoms with van der Waals surface area (Å²) in [6, 6.07) is 10.2. The van der Waals surface area contributed by atoms with Gasteiger partial charge in [-0.15, -0.1) is 0 Å². The smallest absolute Gasteiger partial charge is 0.418 e. The van der Waals surface area contributed by atoms with Crippen molar-refractivity contribution >= 4 is 23.2 Å². The van der Waals surface area contributed by atoms with Gasteiger partial charge in [0.2, 0.25) is 0 Å². The first-order valence-corrected chi connectivity index (χ1v) is 7.45. The van der Waals surface area contributed by atoms with Crippen LogP contribution in [-0.2, 0) is 11.0 Å². The van der Waals surface area contributed by atoms with Crippen LogP contribution in [0.1, 0.15) is 18.1 Å². The van der Waals surface area contributed by atoms with Crippen LogP contribution in [0.3, 0.4) is 0 Å². The molecule has 0 bridgehead atoms. The summed E-state index contributed by atoms with van der Waals surface area (Å²) >= 11 is 5.61. The molecule has 2 aromatic rings. The minimum atomic E-state index is -4.63. The molecule has 2 rings (SSSR count). The second-order valence-corrected chi connectivity index (χ2v) is 5.69. The molecule has 0 aliphatic heterocycles. The number of halogens is 4. The number of anilines is 1. The molecule has 3 nitrogen and oxygen atoms in total. The van der Waals surface area contributed by atoms with E-state index in [1.165, 1.54) is 13.0 Å². The zero-order valence-corrected chi connectivity index (χ0v) is 13.7. The molecule has 2 aromatic carbocycles. The molecule has 0 aliphatic carbocycles. The number of carbonyl (C=O) groups excluding carboxylic acids is 1. The van der Waals surface area contributed by atoms with Gasteiger partial charge in [-0.25, -0.2) is 0 Å². The van der Waals surface area contributed by atoms with Gasteiger partial charge >= 0.3 is 6.18 Å². The molecule has 0 saturated heterocycles. The molecule has 0 radical (unpaired) electrons. The van der Waals surface area contributed by atoms with Crippen molar-refractivity contribution in [3.05, 3.63) is 58.6 Å². The number of rotatable bonds is 4. The fourth-order valence-corrected chi connectivity index (χ4v) is 2.21. The summed E-state index contributed by atoms with van der Waals surface area (Å²) < 4.78 is 44.5. The van der Waals surface area contributed by atoms with E-state index in [-0.39, 0.29) is 10.7 Å². The summed E-state index contributed by atoms with van der Waals surface area (Å²) in [7, 11) is 0. The molecule has 24 heavy (non-hydrogen) atoms. The SMILES string of the molecule is Cc1cccc(O[C@@H](C)C(=O)Nc2ccc(Cl)cc2C(F)(F)F)c1. The molecule has 0 fully saturated rings. The highest BCUT2D eigenvalue weighted by Crippen LogP contribution is 2.36. The number of carbonyl (C=O) groups is 1. The minimum absolute atomic E-state index is 0.0654. The predicted molar refractivity (Wildman–Crippen MR) is 86.4 cm³/mol. The number of aryl methyl sites for hydroxylation is 1. The first-order valence-electron chi connectivity index (χ1n) is 7.08. The predicted octanol–water partition coefficient (Wildman–Crippen LogP) is 5.07. The molecular weight excluding hydrogens is 343 g/mol. The van der Waals surface area contributed by atoms with Gasteiger partial charge in [0.15, 0.2) is 6.10 Å². The quantitative estimate of drug-likeness (QED) is 0.829. The second kappa shape index (κ2) is 7.13. The van der Waals surface area contributed by atoms with Crippen molar-refractivity contribution in [2.24, 2.45) is 0 Å². The van der Waals surface area contributed by atoms with Crippen molar-refractivity contribution in [2.75, 3.05) is 5.32 Å². The lowest BCUT2D eigenvalue weighted by atomic mass is 10.1. The van der Waals surface area contributed by atoms with E-state index in [0.29, 0.717) is 5.75 Å².